The highest BCUT2D eigenvalue weighted by atomic mass is 127. The van der Waals surface area contributed by atoms with Crippen LogP contribution in [0.4, 0.5) is 0 Å². The molecule has 0 amide bonds. The van der Waals surface area contributed by atoms with Crippen molar-refractivity contribution >= 4 is 56.2 Å². The van der Waals surface area contributed by atoms with Crippen molar-refractivity contribution in [2.24, 2.45) is 0 Å². The molecule has 0 saturated carbocycles. The van der Waals surface area contributed by atoms with Crippen LogP contribution in [0.25, 0.3) is 22.3 Å². The Morgan fingerprint density at radius 2 is 2.05 bits per heavy atom. The van der Waals surface area contributed by atoms with Crippen molar-refractivity contribution in [1.29, 1.82) is 5.26 Å². The van der Waals surface area contributed by atoms with Crippen LogP contribution in [-0.2, 0) is 0 Å². The van der Waals surface area contributed by atoms with E-state index >= 15 is 0 Å². The molecule has 6 heteroatoms. The Bertz CT molecular complexity index is 940. The van der Waals surface area contributed by atoms with Crippen molar-refractivity contribution in [3.63, 3.8) is 0 Å². The molecular formula is C15H7I2NO3. The van der Waals surface area contributed by atoms with E-state index < -0.39 is 0 Å². The molecular weight excluding hydrogens is 496 g/mol. The van der Waals surface area contributed by atoms with E-state index in [-0.39, 0.29) is 5.43 Å². The molecule has 1 aliphatic heterocycles. The summed E-state index contributed by atoms with van der Waals surface area (Å²) >= 11 is 3.94. The Morgan fingerprint density at radius 3 is 2.71 bits per heavy atom. The van der Waals surface area contributed by atoms with Gasteiger partial charge in [-0.1, -0.05) is 0 Å². The van der Waals surface area contributed by atoms with Gasteiger partial charge in [0.15, 0.2) is 5.76 Å². The molecule has 0 N–H and O–H groups in total. The quantitative estimate of drug-likeness (QED) is 0.373. The highest BCUT2D eigenvalue weighted by molar-refractivity contribution is 14.1. The minimum absolute atomic E-state index is 0.0846. The number of halogens is 2. The molecule has 0 saturated heterocycles. The fourth-order valence-electron chi connectivity index (χ4n) is 2.17. The summed E-state index contributed by atoms with van der Waals surface area (Å²) in [5.74, 6) is 1.08. The molecule has 1 aromatic carbocycles. The molecule has 4 nitrogen and oxygen atoms in total. The van der Waals surface area contributed by atoms with Crippen LogP contribution in [0, 0.1) is 18.5 Å². The summed E-state index contributed by atoms with van der Waals surface area (Å²) in [6, 6.07) is 9.20. The number of hydrogen-bond acceptors (Lipinski definition) is 4. The number of nitrogens with zero attached hydrogens (tertiary/aromatic N) is 1. The number of hydrogen-bond donors (Lipinski definition) is 0. The molecule has 1 aliphatic carbocycles. The van der Waals surface area contributed by atoms with Gasteiger partial charge in [0.05, 0.1) is 16.2 Å². The zero-order valence-electron chi connectivity index (χ0n) is 10.7. The molecule has 0 atom stereocenters. The first-order valence-electron chi connectivity index (χ1n) is 5.89. The van der Waals surface area contributed by atoms with E-state index in [2.05, 4.69) is 6.07 Å². The minimum Gasteiger partial charge on any atom is -0.497 e. The van der Waals surface area contributed by atoms with E-state index in [0.29, 0.717) is 40.7 Å². The lowest BCUT2D eigenvalue weighted by Crippen LogP contribution is -2.12. The normalized spacial score (nSPS) is 10.8. The van der Waals surface area contributed by atoms with Crippen molar-refractivity contribution < 1.29 is 9.15 Å². The van der Waals surface area contributed by atoms with E-state index in [1.165, 1.54) is 0 Å². The van der Waals surface area contributed by atoms with Crippen molar-refractivity contribution in [1.82, 2.24) is 0 Å². The Morgan fingerprint density at radius 1 is 1.29 bits per heavy atom. The predicted molar refractivity (Wildman–Crippen MR) is 95.8 cm³/mol. The van der Waals surface area contributed by atoms with Gasteiger partial charge < -0.3 is 9.15 Å². The first-order valence-corrected chi connectivity index (χ1v) is 8.05. The maximum Gasteiger partial charge on any atom is 0.209 e. The van der Waals surface area contributed by atoms with Gasteiger partial charge in [-0.25, -0.2) is 0 Å². The molecule has 0 unspecified atom stereocenters. The largest absolute Gasteiger partial charge is 0.497 e. The van der Waals surface area contributed by atoms with E-state index in [1.54, 1.807) is 31.4 Å². The van der Waals surface area contributed by atoms with Gasteiger partial charge in [-0.2, -0.15) is 5.26 Å². The minimum atomic E-state index is -0.0846. The van der Waals surface area contributed by atoms with Crippen molar-refractivity contribution in [2.75, 3.05) is 7.11 Å². The first-order chi connectivity index (χ1) is 10.1. The lowest BCUT2D eigenvalue weighted by atomic mass is 10.0. The van der Waals surface area contributed by atoms with Crippen LogP contribution in [0.1, 0.15) is 5.56 Å². The smallest absolute Gasteiger partial charge is 0.209 e. The van der Waals surface area contributed by atoms with Crippen LogP contribution in [0.3, 0.4) is 0 Å². The van der Waals surface area contributed by atoms with Gasteiger partial charge in [0, 0.05) is 17.0 Å². The topological polar surface area (TPSA) is 63.2 Å². The lowest BCUT2D eigenvalue weighted by molar-refractivity contribution is 0.414. The summed E-state index contributed by atoms with van der Waals surface area (Å²) in [4.78, 5) is 12.1. The zero-order valence-corrected chi connectivity index (χ0v) is 15.1. The SMILES string of the molecule is COc1ccc2c(C#N)c3cc(I)c(=O)c(I)c-3oc2c1. The number of rotatable bonds is 1. The maximum absolute atomic E-state index is 12.1. The van der Waals surface area contributed by atoms with E-state index in [4.69, 9.17) is 9.15 Å². The van der Waals surface area contributed by atoms with E-state index in [9.17, 15) is 10.1 Å². The summed E-state index contributed by atoms with van der Waals surface area (Å²) in [6.45, 7) is 0. The second-order valence-corrected chi connectivity index (χ2v) is 6.57. The van der Waals surface area contributed by atoms with Crippen LogP contribution in [-0.4, -0.2) is 7.11 Å². The molecule has 1 aromatic rings. The molecule has 1 heterocycles. The average Bonchev–Trinajstić information content (AvgIpc) is 2.50. The second-order valence-electron chi connectivity index (χ2n) is 4.33. The highest BCUT2D eigenvalue weighted by Crippen LogP contribution is 2.36. The van der Waals surface area contributed by atoms with Gasteiger partial charge in [0.25, 0.3) is 0 Å². The Hall–Kier alpha value is -1.34. The first kappa shape index (κ1) is 14.6. The van der Waals surface area contributed by atoms with Crippen LogP contribution in [0.2, 0.25) is 0 Å². The number of benzene rings is 2. The summed E-state index contributed by atoms with van der Waals surface area (Å²) in [5.41, 5.74) is 1.60. The van der Waals surface area contributed by atoms with Crippen LogP contribution >= 0.6 is 45.2 Å². The molecule has 0 radical (unpaired) electrons. The predicted octanol–water partition coefficient (Wildman–Crippen LogP) is 3.99. The van der Waals surface area contributed by atoms with Gasteiger partial charge >= 0.3 is 0 Å². The summed E-state index contributed by atoms with van der Waals surface area (Å²) < 4.78 is 12.1. The number of fused-ring (bicyclic) bond motifs is 2. The molecule has 0 aromatic heterocycles. The Labute approximate surface area is 147 Å². The summed E-state index contributed by atoms with van der Waals surface area (Å²) in [5, 5.41) is 10.2. The monoisotopic (exact) mass is 503 g/mol. The molecule has 2 aliphatic rings. The number of methoxy groups -OCH3 is 1. The number of nitriles is 1. The third kappa shape index (κ3) is 2.28. The van der Waals surface area contributed by atoms with Gasteiger partial charge in [-0.15, -0.1) is 0 Å². The number of ether oxygens (including phenoxy) is 1. The maximum atomic E-state index is 12.1. The highest BCUT2D eigenvalue weighted by Gasteiger charge is 2.21. The third-order valence-corrected chi connectivity index (χ3v) is 4.96. The molecule has 0 spiro atoms. The fourth-order valence-corrected chi connectivity index (χ4v) is 3.95. The summed E-state index contributed by atoms with van der Waals surface area (Å²) in [7, 11) is 1.56. The van der Waals surface area contributed by atoms with Crippen molar-refractivity contribution in [3.05, 3.63) is 47.2 Å². The molecule has 0 bridgehead atoms. The molecule has 3 rings (SSSR count). The second kappa shape index (κ2) is 5.46. The Kier molecular flexibility index (Phi) is 3.79. The molecule has 21 heavy (non-hydrogen) atoms. The van der Waals surface area contributed by atoms with Crippen molar-refractivity contribution in [2.45, 2.75) is 0 Å². The van der Waals surface area contributed by atoms with Gasteiger partial charge in [-0.3, -0.25) is 4.79 Å². The molecule has 0 fully saturated rings. The Balaban J connectivity index is 2.56. The van der Waals surface area contributed by atoms with E-state index in [1.807, 2.05) is 45.2 Å². The van der Waals surface area contributed by atoms with Crippen molar-refractivity contribution in [3.8, 4) is 23.1 Å². The van der Waals surface area contributed by atoms with Crippen LogP contribution in [0.5, 0.6) is 5.75 Å². The fraction of sp³-hybridized carbons (Fsp3) is 0.0667. The molecule has 104 valence electrons. The zero-order chi connectivity index (χ0) is 15.1. The van der Waals surface area contributed by atoms with E-state index in [0.717, 1.165) is 0 Å². The third-order valence-electron chi connectivity index (χ3n) is 3.18. The van der Waals surface area contributed by atoms with Gasteiger partial charge in [0.1, 0.15) is 21.0 Å². The lowest BCUT2D eigenvalue weighted by Gasteiger charge is -2.12. The standard InChI is InChI=1S/C15H7I2NO3/c1-20-7-2-3-8-10(6-18)9-5-11(16)14(19)13(17)15(9)21-12(8)4-7/h2-5H,1H3. The van der Waals surface area contributed by atoms with Gasteiger partial charge in [-0.05, 0) is 63.4 Å². The summed E-state index contributed by atoms with van der Waals surface area (Å²) in [6.07, 6.45) is 0. The average molecular weight is 503 g/mol. The van der Waals surface area contributed by atoms with Crippen LogP contribution < -0.4 is 10.2 Å². The van der Waals surface area contributed by atoms with Gasteiger partial charge in [0.2, 0.25) is 5.43 Å². The van der Waals surface area contributed by atoms with Crippen LogP contribution in [0.15, 0.2) is 33.5 Å².